The minimum atomic E-state index is 0. The summed E-state index contributed by atoms with van der Waals surface area (Å²) in [5.41, 5.74) is 1.16. The monoisotopic (exact) mass is 429 g/mol. The summed E-state index contributed by atoms with van der Waals surface area (Å²) in [6, 6.07) is 9.82. The molecule has 1 amide bonds. The number of piperidine rings is 2. The molecule has 28 heavy (non-hydrogen) atoms. The number of hydrogen-bond donors (Lipinski definition) is 2. The fraction of sp³-hybridized carbons (Fsp3) is 0.667. The number of para-hydroxylation sites is 2. The fourth-order valence-electron chi connectivity index (χ4n) is 5.05. The molecule has 3 fully saturated rings. The minimum absolute atomic E-state index is 0. The van der Waals surface area contributed by atoms with Crippen molar-refractivity contribution in [1.82, 2.24) is 10.6 Å². The lowest BCUT2D eigenvalue weighted by atomic mass is 9.89. The van der Waals surface area contributed by atoms with Gasteiger partial charge in [-0.2, -0.15) is 0 Å². The van der Waals surface area contributed by atoms with Gasteiger partial charge in [-0.3, -0.25) is 4.79 Å². The third-order valence-corrected chi connectivity index (χ3v) is 6.33. The summed E-state index contributed by atoms with van der Waals surface area (Å²) in [6.45, 7) is 1.92. The number of methoxy groups -OCH3 is 1. The average molecular weight is 430 g/mol. The Morgan fingerprint density at radius 1 is 1.11 bits per heavy atom. The first kappa shape index (κ1) is 23.1. The van der Waals surface area contributed by atoms with E-state index in [1.54, 1.807) is 7.11 Å². The molecular formula is C21H33Cl2N3O2. The number of fused-ring (bicyclic) bond motifs is 2. The Hall–Kier alpha value is -1.17. The van der Waals surface area contributed by atoms with Crippen molar-refractivity contribution in [1.29, 1.82) is 0 Å². The SMILES string of the molecule is COc1ccccc1N1CCC(NC(=O)CC2CC3CCC(C2)N3)CC1.Cl.Cl. The van der Waals surface area contributed by atoms with Crippen molar-refractivity contribution in [3.8, 4) is 5.75 Å². The third-order valence-electron chi connectivity index (χ3n) is 6.33. The molecule has 2 atom stereocenters. The third kappa shape index (κ3) is 5.46. The molecule has 7 heteroatoms. The molecule has 3 saturated heterocycles. The second-order valence-corrected chi connectivity index (χ2v) is 8.18. The van der Waals surface area contributed by atoms with Crippen LogP contribution in [0, 0.1) is 5.92 Å². The minimum Gasteiger partial charge on any atom is -0.495 e. The van der Waals surface area contributed by atoms with Crippen LogP contribution in [0.15, 0.2) is 24.3 Å². The van der Waals surface area contributed by atoms with Crippen molar-refractivity contribution in [2.45, 2.75) is 63.1 Å². The quantitative estimate of drug-likeness (QED) is 0.751. The molecule has 4 rings (SSSR count). The Labute approximate surface area is 180 Å². The number of amides is 1. The molecule has 2 bridgehead atoms. The first-order chi connectivity index (χ1) is 12.7. The summed E-state index contributed by atoms with van der Waals surface area (Å²) in [7, 11) is 1.72. The van der Waals surface area contributed by atoms with E-state index >= 15 is 0 Å². The van der Waals surface area contributed by atoms with E-state index < -0.39 is 0 Å². The van der Waals surface area contributed by atoms with Gasteiger partial charge in [0.2, 0.25) is 5.91 Å². The van der Waals surface area contributed by atoms with Gasteiger partial charge in [-0.05, 0) is 56.6 Å². The molecule has 158 valence electrons. The Morgan fingerprint density at radius 2 is 1.75 bits per heavy atom. The predicted octanol–water partition coefficient (Wildman–Crippen LogP) is 3.54. The summed E-state index contributed by atoms with van der Waals surface area (Å²) in [4.78, 5) is 14.9. The zero-order valence-electron chi connectivity index (χ0n) is 16.6. The molecule has 3 heterocycles. The summed E-state index contributed by atoms with van der Waals surface area (Å²) in [5, 5.41) is 6.96. The van der Waals surface area contributed by atoms with Crippen LogP contribution < -0.4 is 20.3 Å². The lowest BCUT2D eigenvalue weighted by molar-refractivity contribution is -0.123. The van der Waals surface area contributed by atoms with Gasteiger partial charge in [-0.15, -0.1) is 24.8 Å². The maximum Gasteiger partial charge on any atom is 0.220 e. The van der Waals surface area contributed by atoms with Crippen LogP contribution in [0.4, 0.5) is 5.69 Å². The molecule has 3 aliphatic heterocycles. The van der Waals surface area contributed by atoms with Crippen molar-refractivity contribution in [3.63, 3.8) is 0 Å². The molecule has 5 nitrogen and oxygen atoms in total. The van der Waals surface area contributed by atoms with Gasteiger partial charge in [-0.25, -0.2) is 0 Å². The maximum atomic E-state index is 12.5. The van der Waals surface area contributed by atoms with E-state index in [1.165, 1.54) is 25.7 Å². The lowest BCUT2D eigenvalue weighted by Crippen LogP contribution is -2.46. The van der Waals surface area contributed by atoms with Gasteiger partial charge in [0.1, 0.15) is 5.75 Å². The van der Waals surface area contributed by atoms with Crippen molar-refractivity contribution in [2.75, 3.05) is 25.1 Å². The molecule has 2 unspecified atom stereocenters. The van der Waals surface area contributed by atoms with Gasteiger partial charge in [0.05, 0.1) is 12.8 Å². The number of halogens is 2. The lowest BCUT2D eigenvalue weighted by Gasteiger charge is -2.35. The van der Waals surface area contributed by atoms with Crippen molar-refractivity contribution in [3.05, 3.63) is 24.3 Å². The highest BCUT2D eigenvalue weighted by molar-refractivity contribution is 5.85. The number of carbonyl (C=O) groups is 1. The van der Waals surface area contributed by atoms with Crippen LogP contribution in [0.2, 0.25) is 0 Å². The normalized spacial score (nSPS) is 26.8. The topological polar surface area (TPSA) is 53.6 Å². The number of carbonyl (C=O) groups excluding carboxylic acids is 1. The van der Waals surface area contributed by atoms with Gasteiger partial charge in [0.15, 0.2) is 0 Å². The zero-order valence-corrected chi connectivity index (χ0v) is 18.2. The molecule has 0 radical (unpaired) electrons. The molecule has 0 aliphatic carbocycles. The van der Waals surface area contributed by atoms with Gasteiger partial charge in [0.25, 0.3) is 0 Å². The van der Waals surface area contributed by atoms with E-state index in [0.717, 1.165) is 37.4 Å². The molecular weight excluding hydrogens is 397 g/mol. The average Bonchev–Trinajstić information content (AvgIpc) is 3.00. The number of ether oxygens (including phenoxy) is 1. The number of anilines is 1. The molecule has 0 spiro atoms. The summed E-state index contributed by atoms with van der Waals surface area (Å²) in [6.07, 6.45) is 7.66. The number of nitrogens with zero attached hydrogens (tertiary/aromatic N) is 1. The van der Waals surface area contributed by atoms with Crippen LogP contribution in [0.3, 0.4) is 0 Å². The van der Waals surface area contributed by atoms with Crippen molar-refractivity contribution >= 4 is 36.4 Å². The van der Waals surface area contributed by atoms with Crippen LogP contribution in [0.1, 0.15) is 44.9 Å². The van der Waals surface area contributed by atoms with E-state index in [2.05, 4.69) is 27.7 Å². The van der Waals surface area contributed by atoms with Crippen LogP contribution in [0.5, 0.6) is 5.75 Å². The number of rotatable bonds is 5. The van der Waals surface area contributed by atoms with Crippen LogP contribution in [-0.4, -0.2) is 44.2 Å². The number of nitrogens with one attached hydrogen (secondary N) is 2. The van der Waals surface area contributed by atoms with Gasteiger partial charge >= 0.3 is 0 Å². The first-order valence-corrected chi connectivity index (χ1v) is 10.1. The van der Waals surface area contributed by atoms with E-state index in [9.17, 15) is 4.79 Å². The van der Waals surface area contributed by atoms with Crippen molar-refractivity contribution in [2.24, 2.45) is 5.92 Å². The predicted molar refractivity (Wildman–Crippen MR) is 118 cm³/mol. The molecule has 2 N–H and O–H groups in total. The van der Waals surface area contributed by atoms with Crippen LogP contribution in [0.25, 0.3) is 0 Å². The van der Waals surface area contributed by atoms with E-state index in [-0.39, 0.29) is 30.7 Å². The summed E-state index contributed by atoms with van der Waals surface area (Å²) in [5.74, 6) is 1.75. The molecule has 3 aliphatic rings. The van der Waals surface area contributed by atoms with E-state index in [1.807, 2.05) is 12.1 Å². The largest absolute Gasteiger partial charge is 0.495 e. The Bertz CT molecular complexity index is 626. The highest BCUT2D eigenvalue weighted by Crippen LogP contribution is 2.33. The highest BCUT2D eigenvalue weighted by atomic mass is 35.5. The van der Waals surface area contributed by atoms with E-state index in [4.69, 9.17) is 4.74 Å². The smallest absolute Gasteiger partial charge is 0.220 e. The summed E-state index contributed by atoms with van der Waals surface area (Å²) < 4.78 is 5.48. The second kappa shape index (κ2) is 10.6. The molecule has 1 aromatic carbocycles. The fourth-order valence-corrected chi connectivity index (χ4v) is 5.05. The van der Waals surface area contributed by atoms with Crippen LogP contribution in [-0.2, 0) is 4.79 Å². The zero-order chi connectivity index (χ0) is 17.9. The molecule has 0 aromatic heterocycles. The van der Waals surface area contributed by atoms with E-state index in [0.29, 0.717) is 30.5 Å². The number of hydrogen-bond acceptors (Lipinski definition) is 4. The Kier molecular flexibility index (Phi) is 8.72. The van der Waals surface area contributed by atoms with Gasteiger partial charge in [-0.1, -0.05) is 12.1 Å². The molecule has 0 saturated carbocycles. The maximum absolute atomic E-state index is 12.5. The highest BCUT2D eigenvalue weighted by Gasteiger charge is 2.34. The standard InChI is InChI=1S/C21H31N3O2.2ClH/c1-26-20-5-3-2-4-19(20)24-10-8-16(9-11-24)23-21(25)14-15-12-17-6-7-18(13-15)22-17;;/h2-5,15-18,22H,6-14H2,1H3,(H,23,25);2*1H. The first-order valence-electron chi connectivity index (χ1n) is 10.1. The Balaban J connectivity index is 0.00000140. The van der Waals surface area contributed by atoms with Crippen LogP contribution >= 0.6 is 24.8 Å². The second-order valence-electron chi connectivity index (χ2n) is 8.18. The number of benzene rings is 1. The Morgan fingerprint density at radius 3 is 2.39 bits per heavy atom. The summed E-state index contributed by atoms with van der Waals surface area (Å²) >= 11 is 0. The van der Waals surface area contributed by atoms with Crippen molar-refractivity contribution < 1.29 is 9.53 Å². The molecule has 1 aromatic rings. The van der Waals surface area contributed by atoms with Gasteiger partial charge in [0, 0.05) is 37.6 Å². The van der Waals surface area contributed by atoms with Gasteiger partial charge < -0.3 is 20.3 Å².